The maximum absolute atomic E-state index is 5.67. The highest BCUT2D eigenvalue weighted by atomic mass is 79.9. The van der Waals surface area contributed by atoms with Gasteiger partial charge in [-0.15, -0.1) is 22.9 Å². The molecule has 0 spiro atoms. The number of alkyl halides is 1. The molecule has 1 nitrogen and oxygen atoms in total. The summed E-state index contributed by atoms with van der Waals surface area (Å²) in [4.78, 5) is 4.60. The summed E-state index contributed by atoms with van der Waals surface area (Å²) < 4.78 is 1.08. The van der Waals surface area contributed by atoms with Crippen molar-refractivity contribution < 1.29 is 0 Å². The Kier molecular flexibility index (Phi) is 4.38. The van der Waals surface area contributed by atoms with E-state index in [4.69, 9.17) is 11.6 Å². The van der Waals surface area contributed by atoms with Crippen LogP contribution in [0.4, 0.5) is 0 Å². The maximum atomic E-state index is 5.67. The molecule has 0 saturated heterocycles. The third-order valence-electron chi connectivity index (χ3n) is 2.20. The van der Waals surface area contributed by atoms with E-state index in [2.05, 4.69) is 38.4 Å². The van der Waals surface area contributed by atoms with Crippen molar-refractivity contribution in [1.82, 2.24) is 4.98 Å². The lowest BCUT2D eigenvalue weighted by molar-refractivity contribution is 0.916. The van der Waals surface area contributed by atoms with Crippen molar-refractivity contribution in [3.8, 4) is 11.3 Å². The quantitative estimate of drug-likeness (QED) is 0.742. The monoisotopic (exact) mass is 315 g/mol. The lowest BCUT2D eigenvalue weighted by Crippen LogP contribution is -1.85. The molecule has 0 saturated carbocycles. The fourth-order valence-electron chi connectivity index (χ4n) is 1.42. The number of hydrogen-bond acceptors (Lipinski definition) is 2. The van der Waals surface area contributed by atoms with Crippen LogP contribution in [0.5, 0.6) is 0 Å². The van der Waals surface area contributed by atoms with Crippen LogP contribution in [-0.2, 0) is 6.42 Å². The van der Waals surface area contributed by atoms with Gasteiger partial charge >= 0.3 is 0 Å². The third-order valence-corrected chi connectivity index (χ3v) is 3.87. The first-order chi connectivity index (χ1) is 7.79. The molecule has 0 bridgehead atoms. The summed E-state index contributed by atoms with van der Waals surface area (Å²) in [6.07, 6.45) is 1.97. The molecule has 0 amide bonds. The molecule has 1 heterocycles. The van der Waals surface area contributed by atoms with Gasteiger partial charge in [0.25, 0.3) is 0 Å². The summed E-state index contributed by atoms with van der Waals surface area (Å²) in [6, 6.07) is 8.20. The van der Waals surface area contributed by atoms with Gasteiger partial charge in [-0.3, -0.25) is 0 Å². The zero-order valence-corrected chi connectivity index (χ0v) is 11.8. The third kappa shape index (κ3) is 3.06. The molecule has 2 rings (SSSR count). The van der Waals surface area contributed by atoms with Gasteiger partial charge in [0, 0.05) is 27.7 Å². The van der Waals surface area contributed by atoms with Gasteiger partial charge in [0.15, 0.2) is 0 Å². The van der Waals surface area contributed by atoms with Crippen LogP contribution in [-0.4, -0.2) is 10.9 Å². The van der Waals surface area contributed by atoms with Gasteiger partial charge < -0.3 is 0 Å². The number of nitrogens with zero attached hydrogens (tertiary/aromatic N) is 1. The molecule has 0 aliphatic carbocycles. The molecule has 84 valence electrons. The zero-order valence-electron chi connectivity index (χ0n) is 8.62. The van der Waals surface area contributed by atoms with Gasteiger partial charge in [0.2, 0.25) is 0 Å². The molecule has 0 unspecified atom stereocenters. The van der Waals surface area contributed by atoms with Crippen molar-refractivity contribution in [3.63, 3.8) is 0 Å². The number of benzene rings is 1. The molecule has 0 N–H and O–H groups in total. The smallest absolute Gasteiger partial charge is 0.0933 e. The van der Waals surface area contributed by atoms with Crippen molar-refractivity contribution in [2.24, 2.45) is 0 Å². The summed E-state index contributed by atoms with van der Waals surface area (Å²) in [6.45, 7) is 0. The molecule has 0 radical (unpaired) electrons. The highest BCUT2D eigenvalue weighted by Crippen LogP contribution is 2.25. The number of aryl methyl sites for hydroxylation is 1. The Bertz CT molecular complexity index is 470. The summed E-state index contributed by atoms with van der Waals surface area (Å²) in [5, 5.41) is 3.27. The number of thiazole rings is 1. The predicted molar refractivity (Wildman–Crippen MR) is 74.3 cm³/mol. The fraction of sp³-hybridized carbons (Fsp3) is 0.250. The van der Waals surface area contributed by atoms with Crippen molar-refractivity contribution in [3.05, 3.63) is 39.1 Å². The highest BCUT2D eigenvalue weighted by Gasteiger charge is 2.04. The first-order valence-corrected chi connectivity index (χ1v) is 7.26. The molecule has 4 heteroatoms. The molecule has 16 heavy (non-hydrogen) atoms. The summed E-state index contributed by atoms with van der Waals surface area (Å²) in [5.74, 6) is 0.700. The van der Waals surface area contributed by atoms with E-state index in [0.29, 0.717) is 5.88 Å². The molecule has 1 aromatic carbocycles. The second-order valence-electron chi connectivity index (χ2n) is 3.43. The van der Waals surface area contributed by atoms with Gasteiger partial charge in [0.05, 0.1) is 10.7 Å². The van der Waals surface area contributed by atoms with E-state index in [1.807, 2.05) is 12.1 Å². The van der Waals surface area contributed by atoms with E-state index in [-0.39, 0.29) is 0 Å². The normalized spacial score (nSPS) is 10.6. The van der Waals surface area contributed by atoms with Crippen LogP contribution in [0.3, 0.4) is 0 Å². The van der Waals surface area contributed by atoms with Crippen LogP contribution in [0.1, 0.15) is 11.4 Å². The lowest BCUT2D eigenvalue weighted by atomic mass is 10.2. The van der Waals surface area contributed by atoms with E-state index in [0.717, 1.165) is 33.6 Å². The summed E-state index contributed by atoms with van der Waals surface area (Å²) in [5.41, 5.74) is 2.21. The Balaban J connectivity index is 2.18. The lowest BCUT2D eigenvalue weighted by Gasteiger charge is -1.97. The van der Waals surface area contributed by atoms with Crippen LogP contribution >= 0.6 is 38.9 Å². The Morgan fingerprint density at radius 3 is 3.00 bits per heavy atom. The van der Waals surface area contributed by atoms with Crippen LogP contribution in [0.25, 0.3) is 11.3 Å². The Morgan fingerprint density at radius 2 is 2.25 bits per heavy atom. The molecule has 0 aliphatic heterocycles. The minimum Gasteiger partial charge on any atom is -0.241 e. The van der Waals surface area contributed by atoms with Crippen molar-refractivity contribution in [2.75, 3.05) is 5.88 Å². The number of rotatable bonds is 4. The van der Waals surface area contributed by atoms with Crippen LogP contribution < -0.4 is 0 Å². The second-order valence-corrected chi connectivity index (χ2v) is 5.67. The first-order valence-electron chi connectivity index (χ1n) is 5.06. The average molecular weight is 317 g/mol. The van der Waals surface area contributed by atoms with Gasteiger partial charge in [0.1, 0.15) is 0 Å². The predicted octanol–water partition coefficient (Wildman–Crippen LogP) is 4.74. The standard InChI is InChI=1S/C12H11BrClNS/c13-10-4-1-3-9(7-10)11-8-16-12(15-11)5-2-6-14/h1,3-4,7-8H,2,5-6H2. The topological polar surface area (TPSA) is 12.9 Å². The molecular formula is C12H11BrClNS. The van der Waals surface area contributed by atoms with Crippen molar-refractivity contribution in [1.29, 1.82) is 0 Å². The zero-order chi connectivity index (χ0) is 11.4. The van der Waals surface area contributed by atoms with E-state index >= 15 is 0 Å². The number of halogens is 2. The Labute approximate surface area is 113 Å². The summed E-state index contributed by atoms with van der Waals surface area (Å²) >= 11 is 10.8. The fourth-order valence-corrected chi connectivity index (χ4v) is 2.81. The number of aromatic nitrogens is 1. The van der Waals surface area contributed by atoms with Gasteiger partial charge in [-0.1, -0.05) is 28.1 Å². The van der Waals surface area contributed by atoms with Crippen LogP contribution in [0.2, 0.25) is 0 Å². The minimum absolute atomic E-state index is 0.700. The molecule has 0 aliphatic rings. The Hall–Kier alpha value is -0.380. The maximum Gasteiger partial charge on any atom is 0.0933 e. The minimum atomic E-state index is 0.700. The average Bonchev–Trinajstić information content (AvgIpc) is 2.75. The SMILES string of the molecule is ClCCCc1nc(-c2cccc(Br)c2)cs1. The number of hydrogen-bond donors (Lipinski definition) is 0. The second kappa shape index (κ2) is 5.80. The van der Waals surface area contributed by atoms with Crippen molar-refractivity contribution >= 4 is 38.9 Å². The molecule has 1 aromatic heterocycles. The highest BCUT2D eigenvalue weighted by molar-refractivity contribution is 9.10. The largest absolute Gasteiger partial charge is 0.241 e. The molecule has 2 aromatic rings. The van der Waals surface area contributed by atoms with E-state index in [1.54, 1.807) is 11.3 Å². The first kappa shape index (κ1) is 12.1. The summed E-state index contributed by atoms with van der Waals surface area (Å²) in [7, 11) is 0. The van der Waals surface area contributed by atoms with Crippen LogP contribution in [0.15, 0.2) is 34.1 Å². The van der Waals surface area contributed by atoms with E-state index in [9.17, 15) is 0 Å². The van der Waals surface area contributed by atoms with Crippen molar-refractivity contribution in [2.45, 2.75) is 12.8 Å². The van der Waals surface area contributed by atoms with Gasteiger partial charge in [-0.25, -0.2) is 4.98 Å². The van der Waals surface area contributed by atoms with E-state index < -0.39 is 0 Å². The van der Waals surface area contributed by atoms with E-state index in [1.165, 1.54) is 0 Å². The molecule has 0 atom stereocenters. The van der Waals surface area contributed by atoms with Gasteiger partial charge in [-0.05, 0) is 18.6 Å². The van der Waals surface area contributed by atoms with Crippen LogP contribution in [0, 0.1) is 0 Å². The molecule has 0 fully saturated rings. The molecular weight excluding hydrogens is 306 g/mol. The van der Waals surface area contributed by atoms with Gasteiger partial charge in [-0.2, -0.15) is 0 Å². The Morgan fingerprint density at radius 1 is 1.38 bits per heavy atom.